The number of thioether (sulfide) groups is 1. The Kier molecular flexibility index (Phi) is 15.2. The number of fused-ring (bicyclic) bond motifs is 1. The highest BCUT2D eigenvalue weighted by molar-refractivity contribution is 7.99. The van der Waals surface area contributed by atoms with Crippen LogP contribution in [0.15, 0.2) is 33.5 Å². The standard InChI is InChI=1S/C36H49N3O15S/c1-22-13-27(43)48-25-14-23(11-12-24(22)25)47-33-32(51-30(46)17-39(21-42)54-36(8,9)10)31(50-29(45)16-38(20-41)53-35(5,6)7)26(18-55-33)49-28(44)15-37(19-40)52-34(2,3)4/h11-14,19-21,26,31-33H,15-18H2,1-10H3/t26-,31+,32-,33+/m1/s1. The largest absolute Gasteiger partial charge is 0.476 e. The van der Waals surface area contributed by atoms with E-state index in [9.17, 15) is 33.6 Å². The normalized spacial score (nSPS) is 18.8. The minimum Gasteiger partial charge on any atom is -0.476 e. The van der Waals surface area contributed by atoms with E-state index in [-0.39, 0.29) is 29.9 Å². The SMILES string of the molecule is Cc1cc(=O)oc2cc(O[C@H]3SC[C@@H](OC(=O)CN(C=O)OC(C)(C)C)[C@H](OC(=O)CN(C=O)OC(C)(C)C)[C@H]3OC(=O)CN(C=O)OC(C)(C)C)ccc12. The molecule has 0 unspecified atom stereocenters. The van der Waals surface area contributed by atoms with Crippen LogP contribution in [0.25, 0.3) is 11.0 Å². The smallest absolute Gasteiger partial charge is 0.336 e. The number of carbonyl (C=O) groups is 6. The van der Waals surface area contributed by atoms with Crippen molar-refractivity contribution in [2.45, 2.75) is 110 Å². The highest BCUT2D eigenvalue weighted by Crippen LogP contribution is 2.35. The quantitative estimate of drug-likeness (QED) is 0.0742. The molecule has 304 valence electrons. The van der Waals surface area contributed by atoms with Gasteiger partial charge in [-0.05, 0) is 86.9 Å². The zero-order valence-corrected chi connectivity index (χ0v) is 33.4. The molecule has 4 atom stereocenters. The van der Waals surface area contributed by atoms with E-state index in [0.717, 1.165) is 21.9 Å². The zero-order chi connectivity index (χ0) is 41.3. The Labute approximate surface area is 322 Å². The lowest BCUT2D eigenvalue weighted by Crippen LogP contribution is -2.57. The zero-order valence-electron chi connectivity index (χ0n) is 32.6. The second-order valence-electron chi connectivity index (χ2n) is 15.3. The third kappa shape index (κ3) is 14.8. The van der Waals surface area contributed by atoms with Crippen LogP contribution in [0.3, 0.4) is 0 Å². The van der Waals surface area contributed by atoms with Crippen LogP contribution < -0.4 is 10.4 Å². The van der Waals surface area contributed by atoms with Crippen molar-refractivity contribution in [2.24, 2.45) is 0 Å². The van der Waals surface area contributed by atoms with E-state index in [4.69, 9.17) is 37.9 Å². The molecule has 3 amide bonds. The van der Waals surface area contributed by atoms with Gasteiger partial charge in [0.1, 0.15) is 31.0 Å². The molecule has 55 heavy (non-hydrogen) atoms. The van der Waals surface area contributed by atoms with E-state index in [1.165, 1.54) is 12.1 Å². The van der Waals surface area contributed by atoms with Crippen molar-refractivity contribution >= 4 is 59.9 Å². The number of carbonyl (C=O) groups excluding carboxylic acids is 6. The number of hydrogen-bond donors (Lipinski definition) is 0. The van der Waals surface area contributed by atoms with E-state index in [0.29, 0.717) is 22.4 Å². The average Bonchev–Trinajstić information content (AvgIpc) is 3.04. The molecule has 1 aromatic heterocycles. The molecule has 0 radical (unpaired) electrons. The maximum absolute atomic E-state index is 13.5. The molecule has 18 nitrogen and oxygen atoms in total. The number of amides is 3. The van der Waals surface area contributed by atoms with E-state index in [1.54, 1.807) is 81.4 Å². The van der Waals surface area contributed by atoms with Crippen LogP contribution in [-0.4, -0.2) is 118 Å². The van der Waals surface area contributed by atoms with Crippen molar-refractivity contribution in [2.75, 3.05) is 25.4 Å². The minimum absolute atomic E-state index is 0.102. The van der Waals surface area contributed by atoms with Crippen LogP contribution in [0.5, 0.6) is 5.75 Å². The highest BCUT2D eigenvalue weighted by atomic mass is 32.2. The molecule has 1 aromatic carbocycles. The molecule has 3 rings (SSSR count). The van der Waals surface area contributed by atoms with Crippen molar-refractivity contribution in [1.82, 2.24) is 15.2 Å². The van der Waals surface area contributed by atoms with Crippen LogP contribution in [0, 0.1) is 6.92 Å². The number of nitrogens with zero attached hydrogens (tertiary/aromatic N) is 3. The summed E-state index contributed by atoms with van der Waals surface area (Å²) in [7, 11) is 0. The fourth-order valence-electron chi connectivity index (χ4n) is 5.02. The number of hydrogen-bond acceptors (Lipinski definition) is 16. The van der Waals surface area contributed by atoms with Crippen LogP contribution in [0.4, 0.5) is 0 Å². The van der Waals surface area contributed by atoms with Crippen molar-refractivity contribution < 1.29 is 66.6 Å². The second-order valence-corrected chi connectivity index (χ2v) is 16.4. The van der Waals surface area contributed by atoms with Gasteiger partial charge in [-0.3, -0.25) is 43.3 Å². The number of aryl methyl sites for hydroxylation is 1. The third-order valence-corrected chi connectivity index (χ3v) is 7.97. The molecule has 0 aliphatic carbocycles. The van der Waals surface area contributed by atoms with Gasteiger partial charge in [-0.1, -0.05) is 0 Å². The molecule has 0 bridgehead atoms. The Bertz CT molecular complexity index is 1750. The van der Waals surface area contributed by atoms with Gasteiger partial charge in [-0.15, -0.1) is 11.8 Å². The molecule has 0 N–H and O–H groups in total. The molecular weight excluding hydrogens is 746 g/mol. The van der Waals surface area contributed by atoms with Crippen molar-refractivity contribution in [3.05, 3.63) is 40.2 Å². The summed E-state index contributed by atoms with van der Waals surface area (Å²) in [4.78, 5) is 104. The third-order valence-electron chi connectivity index (χ3n) is 6.76. The predicted octanol–water partition coefficient (Wildman–Crippen LogP) is 2.85. The fraction of sp³-hybridized carbons (Fsp3) is 0.583. The molecule has 1 aliphatic heterocycles. The Hall–Kier alpha value is -4.72. The number of rotatable bonds is 17. The van der Waals surface area contributed by atoms with Gasteiger partial charge in [0.15, 0.2) is 23.7 Å². The maximum Gasteiger partial charge on any atom is 0.336 e. The Morgan fingerprint density at radius 2 is 1.18 bits per heavy atom. The van der Waals surface area contributed by atoms with Crippen LogP contribution in [0.1, 0.15) is 67.9 Å². The summed E-state index contributed by atoms with van der Waals surface area (Å²) in [5.74, 6) is -2.98. The number of ether oxygens (including phenoxy) is 4. The Morgan fingerprint density at radius 1 is 0.727 bits per heavy atom. The summed E-state index contributed by atoms with van der Waals surface area (Å²) in [6, 6.07) is 6.04. The summed E-state index contributed by atoms with van der Waals surface area (Å²) in [6.45, 7) is 14.5. The van der Waals surface area contributed by atoms with Gasteiger partial charge in [0.2, 0.25) is 19.2 Å². The van der Waals surface area contributed by atoms with Crippen LogP contribution >= 0.6 is 11.8 Å². The van der Waals surface area contributed by atoms with Gasteiger partial charge in [0.25, 0.3) is 0 Å². The summed E-state index contributed by atoms with van der Waals surface area (Å²) < 4.78 is 29.0. The van der Waals surface area contributed by atoms with Gasteiger partial charge < -0.3 is 23.4 Å². The van der Waals surface area contributed by atoms with Crippen LogP contribution in [-0.2, 0) is 57.5 Å². The predicted molar refractivity (Wildman–Crippen MR) is 195 cm³/mol. The Balaban J connectivity index is 2.04. The van der Waals surface area contributed by atoms with E-state index >= 15 is 0 Å². The lowest BCUT2D eigenvalue weighted by Gasteiger charge is -2.40. The summed E-state index contributed by atoms with van der Waals surface area (Å²) in [5, 5.41) is 2.79. The molecule has 1 aliphatic rings. The monoisotopic (exact) mass is 795 g/mol. The average molecular weight is 796 g/mol. The molecule has 19 heteroatoms. The molecule has 2 aromatic rings. The highest BCUT2D eigenvalue weighted by Gasteiger charge is 2.49. The summed E-state index contributed by atoms with van der Waals surface area (Å²) in [6.07, 6.45) is -3.64. The molecule has 0 spiro atoms. The first-order valence-electron chi connectivity index (χ1n) is 17.1. The first-order valence-corrected chi connectivity index (χ1v) is 18.2. The first-order chi connectivity index (χ1) is 25.5. The van der Waals surface area contributed by atoms with Gasteiger partial charge in [0.05, 0.1) is 16.8 Å². The van der Waals surface area contributed by atoms with E-state index in [2.05, 4.69) is 0 Å². The topological polar surface area (TPSA) is 207 Å². The number of benzene rings is 1. The molecule has 2 heterocycles. The lowest BCUT2D eigenvalue weighted by molar-refractivity contribution is -0.230. The first kappa shape index (κ1) is 44.7. The van der Waals surface area contributed by atoms with Gasteiger partial charge in [-0.25, -0.2) is 20.0 Å². The van der Waals surface area contributed by atoms with E-state index in [1.807, 2.05) is 0 Å². The molecule has 0 saturated carbocycles. The number of hydroxylamine groups is 6. The van der Waals surface area contributed by atoms with Crippen molar-refractivity contribution in [1.29, 1.82) is 0 Å². The lowest BCUT2D eigenvalue weighted by atomic mass is 10.1. The molecule has 1 fully saturated rings. The van der Waals surface area contributed by atoms with Crippen molar-refractivity contribution in [3.63, 3.8) is 0 Å². The van der Waals surface area contributed by atoms with Gasteiger partial charge in [0, 0.05) is 23.3 Å². The maximum atomic E-state index is 13.5. The Morgan fingerprint density at radius 3 is 1.64 bits per heavy atom. The second kappa shape index (κ2) is 18.7. The minimum atomic E-state index is -1.60. The number of esters is 3. The van der Waals surface area contributed by atoms with Crippen LogP contribution in [0.2, 0.25) is 0 Å². The fourth-order valence-corrected chi connectivity index (χ4v) is 6.24. The molecule has 1 saturated heterocycles. The van der Waals surface area contributed by atoms with Gasteiger partial charge in [-0.2, -0.15) is 0 Å². The summed E-state index contributed by atoms with van der Waals surface area (Å²) >= 11 is 1.02. The van der Waals surface area contributed by atoms with Crippen molar-refractivity contribution in [3.8, 4) is 5.75 Å². The molecular formula is C36H49N3O15S. The van der Waals surface area contributed by atoms with E-state index < -0.39 is 83.7 Å². The summed E-state index contributed by atoms with van der Waals surface area (Å²) in [5.41, 5.74) is -3.50. The van der Waals surface area contributed by atoms with Gasteiger partial charge >= 0.3 is 23.5 Å².